The third-order valence-electron chi connectivity index (χ3n) is 3.01. The number of benzene rings is 1. The fourth-order valence-corrected chi connectivity index (χ4v) is 1.99. The van der Waals surface area contributed by atoms with Gasteiger partial charge < -0.3 is 10.6 Å². The summed E-state index contributed by atoms with van der Waals surface area (Å²) < 4.78 is 13.4. The first-order valence-electron chi connectivity index (χ1n) is 5.44. The first-order valence-corrected chi connectivity index (χ1v) is 5.44. The maximum absolute atomic E-state index is 13.4. The lowest BCUT2D eigenvalue weighted by atomic mass is 10.1. The average molecular weight is 222 g/mol. The van der Waals surface area contributed by atoms with E-state index in [-0.39, 0.29) is 17.6 Å². The van der Waals surface area contributed by atoms with Crippen LogP contribution < -0.4 is 10.6 Å². The molecule has 1 unspecified atom stereocenters. The number of hydrogen-bond donors (Lipinski definition) is 1. The highest BCUT2D eigenvalue weighted by atomic mass is 19.1. The molecule has 0 aliphatic carbocycles. The van der Waals surface area contributed by atoms with Crippen molar-refractivity contribution in [2.45, 2.75) is 13.3 Å². The zero-order chi connectivity index (χ0) is 11.7. The summed E-state index contributed by atoms with van der Waals surface area (Å²) in [6.07, 6.45) is 0.588. The first-order chi connectivity index (χ1) is 7.65. The van der Waals surface area contributed by atoms with Crippen LogP contribution in [-0.4, -0.2) is 19.0 Å². The second kappa shape index (κ2) is 4.22. The molecule has 2 rings (SSSR count). The van der Waals surface area contributed by atoms with Crippen LogP contribution in [0.15, 0.2) is 18.2 Å². The van der Waals surface area contributed by atoms with Crippen molar-refractivity contribution in [3.8, 4) is 0 Å². The molecular formula is C12H15FN2O. The molecular weight excluding hydrogens is 207 g/mol. The molecule has 3 nitrogen and oxygen atoms in total. The number of halogens is 1. The molecule has 0 saturated heterocycles. The molecule has 0 fully saturated rings. The first kappa shape index (κ1) is 11.1. The maximum atomic E-state index is 13.4. The van der Waals surface area contributed by atoms with Crippen molar-refractivity contribution in [2.75, 3.05) is 18.0 Å². The lowest BCUT2D eigenvalue weighted by Crippen LogP contribution is -2.36. The average Bonchev–Trinajstić information content (AvgIpc) is 2.72. The van der Waals surface area contributed by atoms with Gasteiger partial charge in [-0.15, -0.1) is 0 Å². The SMILES string of the molecule is CC(CN)C(=O)N1CCc2c(F)cccc21. The van der Waals surface area contributed by atoms with Crippen molar-refractivity contribution >= 4 is 11.6 Å². The Morgan fingerprint density at radius 3 is 3.06 bits per heavy atom. The fourth-order valence-electron chi connectivity index (χ4n) is 1.99. The van der Waals surface area contributed by atoms with Crippen molar-refractivity contribution in [3.05, 3.63) is 29.6 Å². The summed E-state index contributed by atoms with van der Waals surface area (Å²) in [6, 6.07) is 4.85. The van der Waals surface area contributed by atoms with E-state index in [1.54, 1.807) is 24.0 Å². The van der Waals surface area contributed by atoms with Gasteiger partial charge in [0.25, 0.3) is 0 Å². The van der Waals surface area contributed by atoms with Gasteiger partial charge in [-0.3, -0.25) is 4.79 Å². The van der Waals surface area contributed by atoms with Crippen LogP contribution in [0, 0.1) is 11.7 Å². The van der Waals surface area contributed by atoms with Gasteiger partial charge >= 0.3 is 0 Å². The van der Waals surface area contributed by atoms with Crippen molar-refractivity contribution < 1.29 is 9.18 Å². The van der Waals surface area contributed by atoms with Gasteiger partial charge in [0.05, 0.1) is 0 Å². The maximum Gasteiger partial charge on any atom is 0.231 e. The third-order valence-corrected chi connectivity index (χ3v) is 3.01. The molecule has 4 heteroatoms. The van der Waals surface area contributed by atoms with Gasteiger partial charge in [-0.1, -0.05) is 13.0 Å². The number of hydrogen-bond acceptors (Lipinski definition) is 2. The lowest BCUT2D eigenvalue weighted by molar-refractivity contribution is -0.121. The van der Waals surface area contributed by atoms with E-state index >= 15 is 0 Å². The Hall–Kier alpha value is -1.42. The monoisotopic (exact) mass is 222 g/mol. The Labute approximate surface area is 94.0 Å². The zero-order valence-corrected chi connectivity index (χ0v) is 9.24. The molecule has 1 aromatic rings. The topological polar surface area (TPSA) is 46.3 Å². The minimum absolute atomic E-state index is 0.0214. The van der Waals surface area contributed by atoms with E-state index in [1.807, 2.05) is 0 Å². The molecule has 0 aromatic heterocycles. The van der Waals surface area contributed by atoms with Gasteiger partial charge in [-0.25, -0.2) is 4.39 Å². The number of rotatable bonds is 2. The number of nitrogens with two attached hydrogens (primary N) is 1. The van der Waals surface area contributed by atoms with Crippen LogP contribution in [0.2, 0.25) is 0 Å². The Bertz CT molecular complexity index is 419. The van der Waals surface area contributed by atoms with Crippen LogP contribution in [0.4, 0.5) is 10.1 Å². The lowest BCUT2D eigenvalue weighted by Gasteiger charge is -2.20. The predicted octanol–water partition coefficient (Wildman–Crippen LogP) is 1.31. The minimum atomic E-state index is -0.229. The molecule has 1 aliphatic rings. The highest BCUT2D eigenvalue weighted by Crippen LogP contribution is 2.30. The van der Waals surface area contributed by atoms with Gasteiger partial charge in [-0.05, 0) is 18.6 Å². The molecule has 1 aliphatic heterocycles. The minimum Gasteiger partial charge on any atom is -0.330 e. The second-order valence-electron chi connectivity index (χ2n) is 4.11. The standard InChI is InChI=1S/C12H15FN2O/c1-8(7-14)12(16)15-6-5-9-10(13)3-2-4-11(9)15/h2-4,8H,5-7,14H2,1H3. The number of amides is 1. The summed E-state index contributed by atoms with van der Waals surface area (Å²) in [7, 11) is 0. The highest BCUT2D eigenvalue weighted by molar-refractivity contribution is 5.96. The van der Waals surface area contributed by atoms with Gasteiger partial charge in [0.2, 0.25) is 5.91 Å². The van der Waals surface area contributed by atoms with E-state index in [9.17, 15) is 9.18 Å². The smallest absolute Gasteiger partial charge is 0.231 e. The molecule has 16 heavy (non-hydrogen) atoms. The van der Waals surface area contributed by atoms with Gasteiger partial charge in [-0.2, -0.15) is 0 Å². The molecule has 0 spiro atoms. The Kier molecular flexibility index (Phi) is 2.92. The predicted molar refractivity (Wildman–Crippen MR) is 60.7 cm³/mol. The molecule has 86 valence electrons. The van der Waals surface area contributed by atoms with Crippen LogP contribution >= 0.6 is 0 Å². The molecule has 0 bridgehead atoms. The summed E-state index contributed by atoms with van der Waals surface area (Å²) in [5.74, 6) is -0.464. The van der Waals surface area contributed by atoms with Crippen molar-refractivity contribution in [3.63, 3.8) is 0 Å². The molecule has 1 heterocycles. The van der Waals surface area contributed by atoms with E-state index in [1.165, 1.54) is 6.07 Å². The summed E-state index contributed by atoms with van der Waals surface area (Å²) in [5.41, 5.74) is 6.81. The molecule has 1 amide bonds. The summed E-state index contributed by atoms with van der Waals surface area (Å²) in [5, 5.41) is 0. The van der Waals surface area contributed by atoms with E-state index in [2.05, 4.69) is 0 Å². The van der Waals surface area contributed by atoms with E-state index < -0.39 is 0 Å². The van der Waals surface area contributed by atoms with E-state index in [0.29, 0.717) is 30.8 Å². The quantitative estimate of drug-likeness (QED) is 0.820. The number of fused-ring (bicyclic) bond motifs is 1. The molecule has 2 N–H and O–H groups in total. The van der Waals surface area contributed by atoms with Crippen LogP contribution in [0.3, 0.4) is 0 Å². The largest absolute Gasteiger partial charge is 0.330 e. The molecule has 1 aromatic carbocycles. The highest BCUT2D eigenvalue weighted by Gasteiger charge is 2.28. The van der Waals surface area contributed by atoms with Crippen molar-refractivity contribution in [2.24, 2.45) is 11.7 Å². The van der Waals surface area contributed by atoms with Gasteiger partial charge in [0.15, 0.2) is 0 Å². The van der Waals surface area contributed by atoms with Crippen LogP contribution in [0.25, 0.3) is 0 Å². The van der Waals surface area contributed by atoms with Gasteiger partial charge in [0, 0.05) is 30.3 Å². The van der Waals surface area contributed by atoms with Gasteiger partial charge in [0.1, 0.15) is 5.82 Å². The normalized spacial score (nSPS) is 16.1. The van der Waals surface area contributed by atoms with Crippen molar-refractivity contribution in [1.82, 2.24) is 0 Å². The third kappa shape index (κ3) is 1.69. The van der Waals surface area contributed by atoms with E-state index in [4.69, 9.17) is 5.73 Å². The number of nitrogens with zero attached hydrogens (tertiary/aromatic N) is 1. The zero-order valence-electron chi connectivity index (χ0n) is 9.24. The van der Waals surface area contributed by atoms with Crippen LogP contribution in [0.5, 0.6) is 0 Å². The number of carbonyl (C=O) groups excluding carboxylic acids is 1. The number of carbonyl (C=O) groups is 1. The fraction of sp³-hybridized carbons (Fsp3) is 0.417. The Balaban J connectivity index is 2.30. The van der Waals surface area contributed by atoms with Crippen LogP contribution in [0.1, 0.15) is 12.5 Å². The molecule has 0 radical (unpaired) electrons. The second-order valence-corrected chi connectivity index (χ2v) is 4.11. The Morgan fingerprint density at radius 1 is 1.62 bits per heavy atom. The summed E-state index contributed by atoms with van der Waals surface area (Å²) in [6.45, 7) is 2.67. The van der Waals surface area contributed by atoms with E-state index in [0.717, 1.165) is 0 Å². The van der Waals surface area contributed by atoms with Crippen LogP contribution in [-0.2, 0) is 11.2 Å². The summed E-state index contributed by atoms with van der Waals surface area (Å²) in [4.78, 5) is 13.6. The molecule has 1 atom stereocenters. The number of anilines is 1. The molecule has 0 saturated carbocycles. The summed E-state index contributed by atoms with van der Waals surface area (Å²) >= 11 is 0. The Morgan fingerprint density at radius 2 is 2.38 bits per heavy atom. The van der Waals surface area contributed by atoms with Crippen molar-refractivity contribution in [1.29, 1.82) is 0 Å².